The van der Waals surface area contributed by atoms with Gasteiger partial charge in [-0.15, -0.1) is 0 Å². The van der Waals surface area contributed by atoms with Crippen LogP contribution >= 0.6 is 0 Å². The summed E-state index contributed by atoms with van der Waals surface area (Å²) in [5, 5.41) is 6.39. The minimum Gasteiger partial charge on any atom is -0.325 e. The van der Waals surface area contributed by atoms with E-state index in [1.807, 2.05) is 19.1 Å². The second-order valence-electron chi connectivity index (χ2n) is 5.39. The van der Waals surface area contributed by atoms with Crippen molar-refractivity contribution in [3.63, 3.8) is 0 Å². The fourth-order valence-electron chi connectivity index (χ4n) is 2.44. The van der Waals surface area contributed by atoms with Gasteiger partial charge in [-0.3, -0.25) is 9.69 Å². The van der Waals surface area contributed by atoms with Crippen LogP contribution in [0.25, 0.3) is 0 Å². The van der Waals surface area contributed by atoms with Crippen molar-refractivity contribution in [2.24, 2.45) is 0 Å². The Morgan fingerprint density at radius 2 is 2.26 bits per heavy atom. The molecule has 0 radical (unpaired) electrons. The fourth-order valence-corrected chi connectivity index (χ4v) is 2.44. The highest BCUT2D eigenvalue weighted by Gasteiger charge is 2.18. The molecule has 0 aromatic heterocycles. The molecule has 1 amide bonds. The van der Waals surface area contributed by atoms with Crippen LogP contribution in [-0.4, -0.2) is 43.0 Å². The number of hydrogen-bond donors (Lipinski definition) is 2. The summed E-state index contributed by atoms with van der Waals surface area (Å²) >= 11 is 0. The highest BCUT2D eigenvalue weighted by molar-refractivity contribution is 5.93. The number of amides is 1. The van der Waals surface area contributed by atoms with Gasteiger partial charge in [0.25, 0.3) is 0 Å². The summed E-state index contributed by atoms with van der Waals surface area (Å²) in [6.45, 7) is 9.54. The molecule has 104 valence electrons. The number of anilines is 1. The Morgan fingerprint density at radius 3 is 3.00 bits per heavy atom. The van der Waals surface area contributed by atoms with Crippen LogP contribution in [0.4, 0.5) is 5.69 Å². The Bertz CT molecular complexity index is 459. The second-order valence-corrected chi connectivity index (χ2v) is 5.39. The molecule has 0 saturated carbocycles. The van der Waals surface area contributed by atoms with Crippen LogP contribution in [-0.2, 0) is 4.79 Å². The molecule has 2 rings (SSSR count). The van der Waals surface area contributed by atoms with Gasteiger partial charge in [0.05, 0.1) is 6.54 Å². The molecular formula is C15H23N3O. The summed E-state index contributed by atoms with van der Waals surface area (Å²) in [7, 11) is 0. The van der Waals surface area contributed by atoms with Crippen molar-refractivity contribution in [1.82, 2.24) is 10.2 Å². The molecular weight excluding hydrogens is 238 g/mol. The van der Waals surface area contributed by atoms with Crippen molar-refractivity contribution in [2.75, 3.05) is 31.5 Å². The molecule has 1 fully saturated rings. The van der Waals surface area contributed by atoms with E-state index in [2.05, 4.69) is 35.4 Å². The number of benzene rings is 1. The van der Waals surface area contributed by atoms with Crippen molar-refractivity contribution in [3.05, 3.63) is 29.3 Å². The monoisotopic (exact) mass is 261 g/mol. The van der Waals surface area contributed by atoms with Gasteiger partial charge < -0.3 is 10.6 Å². The summed E-state index contributed by atoms with van der Waals surface area (Å²) in [6, 6.07) is 6.45. The molecule has 2 N–H and O–H groups in total. The predicted molar refractivity (Wildman–Crippen MR) is 78.5 cm³/mol. The van der Waals surface area contributed by atoms with Gasteiger partial charge in [0.15, 0.2) is 0 Å². The SMILES string of the molecule is Cc1cccc(NC(=O)CN2CCNC(C)C2)c1C. The summed E-state index contributed by atoms with van der Waals surface area (Å²) in [5.41, 5.74) is 3.27. The average Bonchev–Trinajstić information content (AvgIpc) is 2.35. The number of hydrogen-bond acceptors (Lipinski definition) is 3. The Kier molecular flexibility index (Phi) is 4.56. The van der Waals surface area contributed by atoms with Crippen LogP contribution in [0.5, 0.6) is 0 Å². The van der Waals surface area contributed by atoms with E-state index < -0.39 is 0 Å². The zero-order valence-corrected chi connectivity index (χ0v) is 12.0. The summed E-state index contributed by atoms with van der Waals surface area (Å²) in [5.74, 6) is 0.0720. The molecule has 4 nitrogen and oxygen atoms in total. The highest BCUT2D eigenvalue weighted by atomic mass is 16.2. The van der Waals surface area contributed by atoms with E-state index in [0.717, 1.165) is 30.9 Å². The van der Waals surface area contributed by atoms with Crippen LogP contribution in [0.2, 0.25) is 0 Å². The Labute approximate surface area is 115 Å². The van der Waals surface area contributed by atoms with Gasteiger partial charge >= 0.3 is 0 Å². The first-order valence-corrected chi connectivity index (χ1v) is 6.88. The van der Waals surface area contributed by atoms with Crippen LogP contribution in [0, 0.1) is 13.8 Å². The Balaban J connectivity index is 1.92. The van der Waals surface area contributed by atoms with Crippen LogP contribution < -0.4 is 10.6 Å². The lowest BCUT2D eigenvalue weighted by Crippen LogP contribution is -2.51. The average molecular weight is 261 g/mol. The van der Waals surface area contributed by atoms with E-state index in [0.29, 0.717) is 12.6 Å². The maximum Gasteiger partial charge on any atom is 0.238 e. The van der Waals surface area contributed by atoms with Gasteiger partial charge in [0.2, 0.25) is 5.91 Å². The lowest BCUT2D eigenvalue weighted by Gasteiger charge is -2.31. The van der Waals surface area contributed by atoms with E-state index in [4.69, 9.17) is 0 Å². The maximum absolute atomic E-state index is 12.1. The molecule has 1 saturated heterocycles. The molecule has 1 unspecified atom stereocenters. The van der Waals surface area contributed by atoms with Gasteiger partial charge in [-0.1, -0.05) is 12.1 Å². The topological polar surface area (TPSA) is 44.4 Å². The Hall–Kier alpha value is -1.39. The minimum atomic E-state index is 0.0720. The zero-order valence-electron chi connectivity index (χ0n) is 12.0. The van der Waals surface area contributed by atoms with Gasteiger partial charge in [-0.2, -0.15) is 0 Å². The second kappa shape index (κ2) is 6.17. The van der Waals surface area contributed by atoms with E-state index in [1.54, 1.807) is 0 Å². The van der Waals surface area contributed by atoms with E-state index in [-0.39, 0.29) is 5.91 Å². The van der Waals surface area contributed by atoms with Crippen molar-refractivity contribution in [1.29, 1.82) is 0 Å². The molecule has 19 heavy (non-hydrogen) atoms. The molecule has 1 aromatic carbocycles. The molecule has 1 aromatic rings. The standard InChI is InChI=1S/C15H23N3O/c1-11-5-4-6-14(13(11)3)17-15(19)10-18-8-7-16-12(2)9-18/h4-6,12,16H,7-10H2,1-3H3,(H,17,19). The van der Waals surface area contributed by atoms with Crippen molar-refractivity contribution < 1.29 is 4.79 Å². The third-order valence-corrected chi connectivity index (χ3v) is 3.70. The minimum absolute atomic E-state index is 0.0720. The predicted octanol–water partition coefficient (Wildman–Crippen LogP) is 1.54. The lowest BCUT2D eigenvalue weighted by molar-refractivity contribution is -0.117. The number of carbonyl (C=O) groups is 1. The number of aryl methyl sites for hydroxylation is 1. The van der Waals surface area contributed by atoms with E-state index >= 15 is 0 Å². The molecule has 1 atom stereocenters. The van der Waals surface area contributed by atoms with Crippen LogP contribution in [0.3, 0.4) is 0 Å². The third kappa shape index (κ3) is 3.78. The third-order valence-electron chi connectivity index (χ3n) is 3.70. The number of nitrogens with zero attached hydrogens (tertiary/aromatic N) is 1. The quantitative estimate of drug-likeness (QED) is 0.867. The molecule has 0 spiro atoms. The number of carbonyl (C=O) groups excluding carboxylic acids is 1. The molecule has 0 bridgehead atoms. The largest absolute Gasteiger partial charge is 0.325 e. The molecule has 1 aliphatic heterocycles. The summed E-state index contributed by atoms with van der Waals surface area (Å²) in [4.78, 5) is 14.3. The van der Waals surface area contributed by atoms with Gasteiger partial charge in [0, 0.05) is 31.4 Å². The van der Waals surface area contributed by atoms with E-state index in [9.17, 15) is 4.79 Å². The van der Waals surface area contributed by atoms with Crippen LogP contribution in [0.15, 0.2) is 18.2 Å². The number of rotatable bonds is 3. The Morgan fingerprint density at radius 1 is 1.47 bits per heavy atom. The molecule has 1 heterocycles. The van der Waals surface area contributed by atoms with Crippen LogP contribution in [0.1, 0.15) is 18.1 Å². The lowest BCUT2D eigenvalue weighted by atomic mass is 10.1. The van der Waals surface area contributed by atoms with Crippen molar-refractivity contribution in [2.45, 2.75) is 26.8 Å². The first kappa shape index (κ1) is 14.0. The number of nitrogens with one attached hydrogen (secondary N) is 2. The smallest absolute Gasteiger partial charge is 0.238 e. The molecule has 4 heteroatoms. The van der Waals surface area contributed by atoms with Gasteiger partial charge in [-0.25, -0.2) is 0 Å². The fraction of sp³-hybridized carbons (Fsp3) is 0.533. The normalized spacial score (nSPS) is 20.3. The number of piperazine rings is 1. The molecule has 1 aliphatic rings. The van der Waals surface area contributed by atoms with Crippen molar-refractivity contribution >= 4 is 11.6 Å². The first-order chi connectivity index (χ1) is 9.06. The summed E-state index contributed by atoms with van der Waals surface area (Å²) in [6.07, 6.45) is 0. The highest BCUT2D eigenvalue weighted by Crippen LogP contribution is 2.17. The van der Waals surface area contributed by atoms with E-state index in [1.165, 1.54) is 5.56 Å². The van der Waals surface area contributed by atoms with Gasteiger partial charge in [0.1, 0.15) is 0 Å². The first-order valence-electron chi connectivity index (χ1n) is 6.88. The van der Waals surface area contributed by atoms with Crippen molar-refractivity contribution in [3.8, 4) is 0 Å². The zero-order chi connectivity index (χ0) is 13.8. The van der Waals surface area contributed by atoms with Gasteiger partial charge in [-0.05, 0) is 38.0 Å². The summed E-state index contributed by atoms with van der Waals surface area (Å²) < 4.78 is 0. The molecule has 0 aliphatic carbocycles. The maximum atomic E-state index is 12.1.